The SMILES string of the molecule is Cc1[nH]nc(C(=O)O)c1S(=O)(=O)Nc1c(F)cccc1Cl. The maximum atomic E-state index is 13.6. The Morgan fingerprint density at radius 1 is 1.48 bits per heavy atom. The van der Waals surface area contributed by atoms with Crippen molar-refractivity contribution < 1.29 is 22.7 Å². The van der Waals surface area contributed by atoms with Crippen molar-refractivity contribution in [1.82, 2.24) is 10.2 Å². The van der Waals surface area contributed by atoms with Gasteiger partial charge in [0.25, 0.3) is 10.0 Å². The van der Waals surface area contributed by atoms with Gasteiger partial charge in [0.2, 0.25) is 0 Å². The molecule has 0 aliphatic rings. The van der Waals surface area contributed by atoms with Gasteiger partial charge in [-0.25, -0.2) is 17.6 Å². The number of nitrogens with zero attached hydrogens (tertiary/aromatic N) is 1. The minimum atomic E-state index is -4.37. The summed E-state index contributed by atoms with van der Waals surface area (Å²) in [6.45, 7) is 1.33. The van der Waals surface area contributed by atoms with Crippen molar-refractivity contribution in [2.24, 2.45) is 0 Å². The van der Waals surface area contributed by atoms with Gasteiger partial charge >= 0.3 is 5.97 Å². The van der Waals surface area contributed by atoms with E-state index in [2.05, 4.69) is 10.2 Å². The predicted octanol–water partition coefficient (Wildman–Crippen LogP) is 2.01. The number of nitrogens with one attached hydrogen (secondary N) is 2. The standard InChI is InChI=1S/C11H9ClFN3O4S/c1-5-10(9(11(17)18)15-14-5)21(19,20)16-8-6(12)3-2-4-7(8)13/h2-4,16H,1H3,(H,14,15)(H,17,18). The number of rotatable bonds is 4. The number of carboxylic acids is 1. The zero-order chi connectivity index (χ0) is 15.8. The maximum Gasteiger partial charge on any atom is 0.357 e. The Bertz CT molecular complexity index is 799. The van der Waals surface area contributed by atoms with E-state index in [1.807, 2.05) is 4.72 Å². The third kappa shape index (κ3) is 2.83. The summed E-state index contributed by atoms with van der Waals surface area (Å²) in [5.41, 5.74) is -1.14. The van der Waals surface area contributed by atoms with Crippen LogP contribution in [0.25, 0.3) is 0 Å². The second-order valence-electron chi connectivity index (χ2n) is 4.03. The van der Waals surface area contributed by atoms with E-state index < -0.39 is 38.1 Å². The number of carboxylic acid groups (broad SMARTS) is 1. The molecule has 3 N–H and O–H groups in total. The van der Waals surface area contributed by atoms with Crippen LogP contribution in [-0.2, 0) is 10.0 Å². The van der Waals surface area contributed by atoms with E-state index >= 15 is 0 Å². The molecule has 21 heavy (non-hydrogen) atoms. The lowest BCUT2D eigenvalue weighted by Crippen LogP contribution is -2.18. The quantitative estimate of drug-likeness (QED) is 0.792. The molecule has 0 saturated heterocycles. The Kier molecular flexibility index (Phi) is 3.88. The minimum absolute atomic E-state index is 0.00682. The summed E-state index contributed by atoms with van der Waals surface area (Å²) in [6, 6.07) is 3.62. The third-order valence-corrected chi connectivity index (χ3v) is 4.39. The highest BCUT2D eigenvalue weighted by atomic mass is 35.5. The van der Waals surface area contributed by atoms with Gasteiger partial charge in [0.1, 0.15) is 16.4 Å². The van der Waals surface area contributed by atoms with E-state index in [4.69, 9.17) is 16.7 Å². The molecule has 0 saturated carbocycles. The first-order valence-corrected chi connectivity index (χ1v) is 7.35. The van der Waals surface area contributed by atoms with Crippen LogP contribution in [0.4, 0.5) is 10.1 Å². The van der Waals surface area contributed by atoms with Crippen LogP contribution in [0.1, 0.15) is 16.2 Å². The van der Waals surface area contributed by atoms with Gasteiger partial charge in [0.05, 0.1) is 10.7 Å². The number of benzene rings is 1. The van der Waals surface area contributed by atoms with E-state index in [1.54, 1.807) is 0 Å². The van der Waals surface area contributed by atoms with Crippen LogP contribution >= 0.6 is 11.6 Å². The summed E-state index contributed by atoms with van der Waals surface area (Å²) >= 11 is 5.73. The molecule has 0 amide bonds. The molecule has 10 heteroatoms. The number of sulfonamides is 1. The van der Waals surface area contributed by atoms with Crippen molar-refractivity contribution in [3.63, 3.8) is 0 Å². The minimum Gasteiger partial charge on any atom is -0.476 e. The van der Waals surface area contributed by atoms with Crippen LogP contribution in [0, 0.1) is 12.7 Å². The van der Waals surface area contributed by atoms with Crippen molar-refractivity contribution in [3.8, 4) is 0 Å². The normalized spacial score (nSPS) is 11.4. The molecule has 7 nitrogen and oxygen atoms in total. The lowest BCUT2D eigenvalue weighted by Gasteiger charge is -2.10. The fraction of sp³-hybridized carbons (Fsp3) is 0.0909. The Hall–Kier alpha value is -2.13. The second kappa shape index (κ2) is 5.34. The number of aromatic carboxylic acids is 1. The van der Waals surface area contributed by atoms with Gasteiger partial charge in [-0.2, -0.15) is 5.10 Å². The van der Waals surface area contributed by atoms with E-state index in [-0.39, 0.29) is 10.7 Å². The van der Waals surface area contributed by atoms with Crippen LogP contribution in [0.15, 0.2) is 23.1 Å². The highest BCUT2D eigenvalue weighted by molar-refractivity contribution is 7.92. The Morgan fingerprint density at radius 2 is 2.14 bits per heavy atom. The smallest absolute Gasteiger partial charge is 0.357 e. The lowest BCUT2D eigenvalue weighted by molar-refractivity contribution is 0.0686. The molecule has 2 aromatic rings. The number of aromatic nitrogens is 2. The van der Waals surface area contributed by atoms with Crippen LogP contribution in [0.2, 0.25) is 5.02 Å². The van der Waals surface area contributed by atoms with Crippen molar-refractivity contribution in [2.75, 3.05) is 4.72 Å². The summed E-state index contributed by atoms with van der Waals surface area (Å²) < 4.78 is 40.1. The molecule has 0 aliphatic carbocycles. The number of anilines is 1. The van der Waals surface area contributed by atoms with Gasteiger partial charge < -0.3 is 5.11 Å². The molecular weight excluding hydrogens is 325 g/mol. The monoisotopic (exact) mass is 333 g/mol. The molecule has 0 radical (unpaired) electrons. The molecule has 112 valence electrons. The van der Waals surface area contributed by atoms with E-state index in [0.717, 1.165) is 6.07 Å². The number of aryl methyl sites for hydroxylation is 1. The predicted molar refractivity (Wildman–Crippen MR) is 72.5 cm³/mol. The van der Waals surface area contributed by atoms with Gasteiger partial charge in [0.15, 0.2) is 5.69 Å². The van der Waals surface area contributed by atoms with Gasteiger partial charge in [0, 0.05) is 0 Å². The molecule has 2 rings (SSSR count). The first-order valence-electron chi connectivity index (χ1n) is 5.49. The summed E-state index contributed by atoms with van der Waals surface area (Å²) in [5, 5.41) is 14.4. The average Bonchev–Trinajstić information content (AvgIpc) is 2.77. The first-order chi connectivity index (χ1) is 9.74. The van der Waals surface area contributed by atoms with Crippen molar-refractivity contribution in [1.29, 1.82) is 0 Å². The molecule has 0 atom stereocenters. The fourth-order valence-corrected chi connectivity index (χ4v) is 3.35. The number of halogens is 2. The Balaban J connectivity index is 2.54. The number of aromatic amines is 1. The van der Waals surface area contributed by atoms with Crippen molar-refractivity contribution in [2.45, 2.75) is 11.8 Å². The molecule has 0 bridgehead atoms. The van der Waals surface area contributed by atoms with Crippen LogP contribution in [-0.4, -0.2) is 29.7 Å². The van der Waals surface area contributed by atoms with Crippen molar-refractivity contribution in [3.05, 3.63) is 40.4 Å². The highest BCUT2D eigenvalue weighted by Gasteiger charge is 2.29. The van der Waals surface area contributed by atoms with Gasteiger partial charge in [-0.05, 0) is 19.1 Å². The number of hydrogen-bond acceptors (Lipinski definition) is 4. The van der Waals surface area contributed by atoms with Gasteiger partial charge in [-0.3, -0.25) is 9.82 Å². The molecular formula is C11H9ClFN3O4S. The molecule has 0 fully saturated rings. The molecule has 1 heterocycles. The van der Waals surface area contributed by atoms with Crippen LogP contribution in [0.3, 0.4) is 0 Å². The summed E-state index contributed by atoms with van der Waals surface area (Å²) in [4.78, 5) is 10.4. The van der Waals surface area contributed by atoms with Crippen molar-refractivity contribution >= 4 is 33.3 Å². The number of hydrogen-bond donors (Lipinski definition) is 3. The highest BCUT2D eigenvalue weighted by Crippen LogP contribution is 2.28. The Labute approximate surface area is 123 Å². The summed E-state index contributed by atoms with van der Waals surface area (Å²) in [5.74, 6) is -2.41. The summed E-state index contributed by atoms with van der Waals surface area (Å²) in [7, 11) is -4.37. The Morgan fingerprint density at radius 3 is 2.71 bits per heavy atom. The summed E-state index contributed by atoms with van der Waals surface area (Å²) in [6.07, 6.45) is 0. The maximum absolute atomic E-state index is 13.6. The number of H-pyrrole nitrogens is 1. The third-order valence-electron chi connectivity index (χ3n) is 2.56. The zero-order valence-electron chi connectivity index (χ0n) is 10.5. The van der Waals surface area contributed by atoms with E-state index in [9.17, 15) is 17.6 Å². The second-order valence-corrected chi connectivity index (χ2v) is 6.06. The number of carbonyl (C=O) groups is 1. The van der Waals surface area contributed by atoms with Crippen LogP contribution in [0.5, 0.6) is 0 Å². The van der Waals surface area contributed by atoms with Crippen LogP contribution < -0.4 is 4.72 Å². The zero-order valence-corrected chi connectivity index (χ0v) is 12.1. The van der Waals surface area contributed by atoms with Gasteiger partial charge in [-0.15, -0.1) is 0 Å². The molecule has 1 aromatic heterocycles. The first kappa shape index (κ1) is 15.3. The van der Waals surface area contributed by atoms with E-state index in [0.29, 0.717) is 0 Å². The van der Waals surface area contributed by atoms with E-state index in [1.165, 1.54) is 19.1 Å². The lowest BCUT2D eigenvalue weighted by atomic mass is 10.3. The number of para-hydroxylation sites is 1. The molecule has 0 aliphatic heterocycles. The topological polar surface area (TPSA) is 112 Å². The molecule has 1 aromatic carbocycles. The molecule has 0 unspecified atom stereocenters. The average molecular weight is 334 g/mol. The largest absolute Gasteiger partial charge is 0.476 e. The van der Waals surface area contributed by atoms with Gasteiger partial charge in [-0.1, -0.05) is 17.7 Å². The fourth-order valence-electron chi connectivity index (χ4n) is 1.67. The molecule has 0 spiro atoms.